The standard InChI is InChI=1S/C13H22N2O2/c1-10(2)15-11(6-9-14-15)12(16)13(17)7-4-3-5-8-13/h6,9-10,12,16-17H,3-5,7-8H2,1-2H3. The average Bonchev–Trinajstić information content (AvgIpc) is 2.77. The second kappa shape index (κ2) is 4.78. The molecule has 1 unspecified atom stereocenters. The van der Waals surface area contributed by atoms with E-state index in [0.717, 1.165) is 25.0 Å². The van der Waals surface area contributed by atoms with Crippen molar-refractivity contribution in [2.24, 2.45) is 0 Å². The predicted molar refractivity (Wildman–Crippen MR) is 65.6 cm³/mol. The summed E-state index contributed by atoms with van der Waals surface area (Å²) in [6, 6.07) is 2.00. The van der Waals surface area contributed by atoms with Gasteiger partial charge in [-0.05, 0) is 32.8 Å². The first-order chi connectivity index (χ1) is 8.04. The van der Waals surface area contributed by atoms with Crippen molar-refractivity contribution in [1.82, 2.24) is 9.78 Å². The van der Waals surface area contributed by atoms with Crippen molar-refractivity contribution in [3.63, 3.8) is 0 Å². The van der Waals surface area contributed by atoms with E-state index in [1.807, 2.05) is 13.8 Å². The highest BCUT2D eigenvalue weighted by molar-refractivity contribution is 5.11. The Bertz CT molecular complexity index is 367. The fraction of sp³-hybridized carbons (Fsp3) is 0.769. The highest BCUT2D eigenvalue weighted by Crippen LogP contribution is 2.38. The van der Waals surface area contributed by atoms with Crippen LogP contribution in [0.3, 0.4) is 0 Å². The van der Waals surface area contributed by atoms with Crippen molar-refractivity contribution in [2.45, 2.75) is 63.7 Å². The van der Waals surface area contributed by atoms with Crippen LogP contribution in [0.2, 0.25) is 0 Å². The Hall–Kier alpha value is -0.870. The lowest BCUT2D eigenvalue weighted by molar-refractivity contribution is -0.103. The van der Waals surface area contributed by atoms with Crippen LogP contribution in [-0.4, -0.2) is 25.6 Å². The lowest BCUT2D eigenvalue weighted by Gasteiger charge is -2.36. The molecule has 4 nitrogen and oxygen atoms in total. The molecule has 0 saturated heterocycles. The van der Waals surface area contributed by atoms with Crippen LogP contribution in [-0.2, 0) is 0 Å². The molecule has 1 fully saturated rings. The molecule has 1 aliphatic carbocycles. The summed E-state index contributed by atoms with van der Waals surface area (Å²) >= 11 is 0. The maximum absolute atomic E-state index is 10.5. The topological polar surface area (TPSA) is 58.3 Å². The normalized spacial score (nSPS) is 21.7. The fourth-order valence-electron chi connectivity index (χ4n) is 2.69. The van der Waals surface area contributed by atoms with Gasteiger partial charge in [0.25, 0.3) is 0 Å². The molecule has 0 spiro atoms. The zero-order valence-electron chi connectivity index (χ0n) is 10.6. The van der Waals surface area contributed by atoms with Crippen molar-refractivity contribution in [1.29, 1.82) is 0 Å². The number of aliphatic hydroxyl groups excluding tert-OH is 1. The first-order valence-corrected chi connectivity index (χ1v) is 6.48. The molecule has 1 aromatic heterocycles. The van der Waals surface area contributed by atoms with Crippen LogP contribution in [0.25, 0.3) is 0 Å². The molecule has 1 aliphatic rings. The largest absolute Gasteiger partial charge is 0.387 e. The second-order valence-electron chi connectivity index (χ2n) is 5.36. The number of aliphatic hydroxyl groups is 2. The summed E-state index contributed by atoms with van der Waals surface area (Å²) in [6.07, 6.45) is 5.35. The SMILES string of the molecule is CC(C)n1nccc1C(O)C1(O)CCCCC1. The van der Waals surface area contributed by atoms with E-state index in [9.17, 15) is 10.2 Å². The van der Waals surface area contributed by atoms with Crippen molar-refractivity contribution < 1.29 is 10.2 Å². The summed E-state index contributed by atoms with van der Waals surface area (Å²) < 4.78 is 1.79. The minimum absolute atomic E-state index is 0.196. The minimum Gasteiger partial charge on any atom is -0.387 e. The summed E-state index contributed by atoms with van der Waals surface area (Å²) in [7, 11) is 0. The molecule has 0 aromatic carbocycles. The number of aromatic nitrogens is 2. The number of hydrogen-bond donors (Lipinski definition) is 2. The van der Waals surface area contributed by atoms with Crippen molar-refractivity contribution in [3.8, 4) is 0 Å². The van der Waals surface area contributed by atoms with E-state index in [1.165, 1.54) is 0 Å². The van der Waals surface area contributed by atoms with Crippen molar-refractivity contribution >= 4 is 0 Å². The molecule has 1 aromatic rings. The lowest BCUT2D eigenvalue weighted by atomic mass is 9.79. The third-order valence-corrected chi connectivity index (χ3v) is 3.70. The molecule has 1 saturated carbocycles. The summed E-state index contributed by atoms with van der Waals surface area (Å²) in [6.45, 7) is 4.04. The van der Waals surface area contributed by atoms with E-state index in [1.54, 1.807) is 16.9 Å². The van der Waals surface area contributed by atoms with Gasteiger partial charge >= 0.3 is 0 Å². The highest BCUT2D eigenvalue weighted by atomic mass is 16.3. The summed E-state index contributed by atoms with van der Waals surface area (Å²) in [4.78, 5) is 0. The van der Waals surface area contributed by atoms with E-state index in [2.05, 4.69) is 5.10 Å². The van der Waals surface area contributed by atoms with Gasteiger partial charge in [-0.15, -0.1) is 0 Å². The van der Waals surface area contributed by atoms with Gasteiger partial charge in [0.05, 0.1) is 11.3 Å². The van der Waals surface area contributed by atoms with E-state index in [-0.39, 0.29) is 6.04 Å². The lowest BCUT2D eigenvalue weighted by Crippen LogP contribution is -2.39. The second-order valence-corrected chi connectivity index (χ2v) is 5.36. The van der Waals surface area contributed by atoms with Crippen LogP contribution in [0.1, 0.15) is 63.8 Å². The smallest absolute Gasteiger partial charge is 0.124 e. The summed E-state index contributed by atoms with van der Waals surface area (Å²) in [5.41, 5.74) is -0.241. The van der Waals surface area contributed by atoms with E-state index in [4.69, 9.17) is 0 Å². The quantitative estimate of drug-likeness (QED) is 0.848. The van der Waals surface area contributed by atoms with E-state index < -0.39 is 11.7 Å². The van der Waals surface area contributed by atoms with Crippen molar-refractivity contribution in [3.05, 3.63) is 18.0 Å². The molecule has 0 bridgehead atoms. The molecule has 0 radical (unpaired) electrons. The monoisotopic (exact) mass is 238 g/mol. The Morgan fingerprint density at radius 2 is 1.94 bits per heavy atom. The van der Waals surface area contributed by atoms with E-state index >= 15 is 0 Å². The Morgan fingerprint density at radius 1 is 1.29 bits per heavy atom. The highest BCUT2D eigenvalue weighted by Gasteiger charge is 2.39. The Labute approximate surface area is 102 Å². The van der Waals surface area contributed by atoms with Crippen LogP contribution in [0.15, 0.2) is 12.3 Å². The number of nitrogens with zero attached hydrogens (tertiary/aromatic N) is 2. The van der Waals surface area contributed by atoms with Gasteiger partial charge in [-0.3, -0.25) is 4.68 Å². The predicted octanol–water partition coefficient (Wildman–Crippen LogP) is 2.19. The number of rotatable bonds is 3. The molecule has 1 heterocycles. The van der Waals surface area contributed by atoms with Gasteiger partial charge in [0, 0.05) is 12.2 Å². The Morgan fingerprint density at radius 3 is 2.53 bits per heavy atom. The van der Waals surface area contributed by atoms with Gasteiger partial charge in [-0.1, -0.05) is 19.3 Å². The van der Waals surface area contributed by atoms with Crippen LogP contribution >= 0.6 is 0 Å². The van der Waals surface area contributed by atoms with Gasteiger partial charge in [0.15, 0.2) is 0 Å². The molecule has 2 rings (SSSR count). The maximum atomic E-state index is 10.5. The first-order valence-electron chi connectivity index (χ1n) is 6.48. The molecule has 4 heteroatoms. The molecular weight excluding hydrogens is 216 g/mol. The zero-order chi connectivity index (χ0) is 12.5. The molecule has 1 atom stereocenters. The third-order valence-electron chi connectivity index (χ3n) is 3.70. The van der Waals surface area contributed by atoms with Gasteiger partial charge < -0.3 is 10.2 Å². The Kier molecular flexibility index (Phi) is 3.54. The van der Waals surface area contributed by atoms with Gasteiger partial charge in [-0.2, -0.15) is 5.10 Å². The molecular formula is C13H22N2O2. The zero-order valence-corrected chi connectivity index (χ0v) is 10.6. The maximum Gasteiger partial charge on any atom is 0.124 e. The summed E-state index contributed by atoms with van der Waals surface area (Å²) in [5.74, 6) is 0. The molecule has 0 aliphatic heterocycles. The Balaban J connectivity index is 2.23. The van der Waals surface area contributed by atoms with E-state index in [0.29, 0.717) is 12.8 Å². The molecule has 2 N–H and O–H groups in total. The first kappa shape index (κ1) is 12.6. The average molecular weight is 238 g/mol. The van der Waals surface area contributed by atoms with Gasteiger partial charge in [-0.25, -0.2) is 0 Å². The summed E-state index contributed by atoms with van der Waals surface area (Å²) in [5, 5.41) is 25.1. The van der Waals surface area contributed by atoms with Crippen LogP contribution in [0.4, 0.5) is 0 Å². The van der Waals surface area contributed by atoms with Crippen LogP contribution < -0.4 is 0 Å². The number of hydrogen-bond acceptors (Lipinski definition) is 3. The third kappa shape index (κ3) is 2.38. The van der Waals surface area contributed by atoms with Gasteiger partial charge in [0.2, 0.25) is 0 Å². The molecule has 0 amide bonds. The molecule has 17 heavy (non-hydrogen) atoms. The molecule has 96 valence electrons. The van der Waals surface area contributed by atoms with Gasteiger partial charge in [0.1, 0.15) is 6.10 Å². The minimum atomic E-state index is -0.967. The van der Waals surface area contributed by atoms with Crippen molar-refractivity contribution in [2.75, 3.05) is 0 Å². The fourth-order valence-corrected chi connectivity index (χ4v) is 2.69. The van der Waals surface area contributed by atoms with Crippen LogP contribution in [0, 0.1) is 0 Å². The van der Waals surface area contributed by atoms with Crippen LogP contribution in [0.5, 0.6) is 0 Å².